The number of ether oxygens (including phenoxy) is 4. The van der Waals surface area contributed by atoms with Gasteiger partial charge >= 0.3 is 5.97 Å². The molecule has 6 atom stereocenters. The van der Waals surface area contributed by atoms with E-state index < -0.39 is 5.97 Å². The van der Waals surface area contributed by atoms with E-state index in [9.17, 15) is 9.59 Å². The number of allylic oxidation sites excluding steroid dienone is 4. The summed E-state index contributed by atoms with van der Waals surface area (Å²) in [5.41, 5.74) is 1.29. The van der Waals surface area contributed by atoms with Crippen LogP contribution in [0.4, 0.5) is 0 Å². The van der Waals surface area contributed by atoms with Gasteiger partial charge in [-0.3, -0.25) is 9.59 Å². The molecule has 1 N–H and O–H groups in total. The summed E-state index contributed by atoms with van der Waals surface area (Å²) >= 11 is 0. The summed E-state index contributed by atoms with van der Waals surface area (Å²) < 4.78 is 24.4. The van der Waals surface area contributed by atoms with Gasteiger partial charge in [0.05, 0.1) is 12.2 Å². The molecule has 0 bridgehead atoms. The molecule has 0 aromatic rings. The lowest BCUT2D eigenvalue weighted by atomic mass is 9.90. The van der Waals surface area contributed by atoms with Gasteiger partial charge in [-0.2, -0.15) is 0 Å². The van der Waals surface area contributed by atoms with E-state index in [1.165, 1.54) is 5.57 Å². The molecule has 2 heterocycles. The first-order chi connectivity index (χ1) is 18.4. The fourth-order valence-electron chi connectivity index (χ4n) is 5.40. The van der Waals surface area contributed by atoms with Crippen molar-refractivity contribution < 1.29 is 33.6 Å². The molecular formula is C31H48O7. The van der Waals surface area contributed by atoms with Crippen LogP contribution in [0.5, 0.6) is 0 Å². The van der Waals surface area contributed by atoms with E-state index in [0.717, 1.165) is 58.0 Å². The molecular weight excluding hydrogens is 484 g/mol. The highest BCUT2D eigenvalue weighted by atomic mass is 16.7. The van der Waals surface area contributed by atoms with Gasteiger partial charge in [0.1, 0.15) is 5.78 Å². The predicted octanol–water partition coefficient (Wildman–Crippen LogP) is 6.52. The highest BCUT2D eigenvalue weighted by Gasteiger charge is 2.42. The third-order valence-electron chi connectivity index (χ3n) is 7.51. The number of unbranched alkanes of at least 4 members (excludes halogenated alkanes) is 1. The summed E-state index contributed by atoms with van der Waals surface area (Å²) in [6, 6.07) is 0. The number of rotatable bonds is 15. The first kappa shape index (κ1) is 30.7. The molecule has 0 spiro atoms. The van der Waals surface area contributed by atoms with Gasteiger partial charge in [0.15, 0.2) is 12.6 Å². The second-order valence-electron chi connectivity index (χ2n) is 11.0. The molecule has 1 saturated carbocycles. The SMILES string of the molecule is CC(C)=CCC[C@@H](/C=C/[C@H]1[C@H](OC2CCCCO2)CC(=O)[C@@H]1C/C=C\CCCC(=O)O)OC1CCCCO1. The molecule has 3 rings (SSSR count). The van der Waals surface area contributed by atoms with Gasteiger partial charge in [-0.25, -0.2) is 0 Å². The number of carboxylic acids is 1. The molecule has 0 amide bonds. The van der Waals surface area contributed by atoms with Crippen LogP contribution >= 0.6 is 0 Å². The Bertz CT molecular complexity index is 801. The summed E-state index contributed by atoms with van der Waals surface area (Å²) in [4.78, 5) is 23.9. The Kier molecular flexibility index (Phi) is 13.8. The van der Waals surface area contributed by atoms with E-state index in [0.29, 0.717) is 32.3 Å². The molecule has 1 aliphatic carbocycles. The van der Waals surface area contributed by atoms with E-state index in [4.69, 9.17) is 24.1 Å². The summed E-state index contributed by atoms with van der Waals surface area (Å²) in [6.07, 6.45) is 20.2. The Morgan fingerprint density at radius 3 is 2.45 bits per heavy atom. The quantitative estimate of drug-likeness (QED) is 0.190. The molecule has 3 fully saturated rings. The van der Waals surface area contributed by atoms with Crippen molar-refractivity contribution >= 4 is 11.8 Å². The monoisotopic (exact) mass is 532 g/mol. The van der Waals surface area contributed by atoms with E-state index in [2.05, 4.69) is 32.1 Å². The maximum Gasteiger partial charge on any atom is 0.303 e. The first-order valence-electron chi connectivity index (χ1n) is 14.7. The number of hydrogen-bond donors (Lipinski definition) is 1. The number of aliphatic carboxylic acids is 1. The Hall–Kier alpha value is -1.80. The van der Waals surface area contributed by atoms with Gasteiger partial charge in [0.2, 0.25) is 0 Å². The number of hydrogen-bond acceptors (Lipinski definition) is 6. The van der Waals surface area contributed by atoms with Crippen molar-refractivity contribution in [3.8, 4) is 0 Å². The van der Waals surface area contributed by atoms with Crippen LogP contribution in [-0.2, 0) is 28.5 Å². The molecule has 0 aromatic heterocycles. The lowest BCUT2D eigenvalue weighted by molar-refractivity contribution is -0.192. The Morgan fingerprint density at radius 2 is 1.79 bits per heavy atom. The highest BCUT2D eigenvalue weighted by Crippen LogP contribution is 2.37. The molecule has 0 radical (unpaired) electrons. The average Bonchev–Trinajstić information content (AvgIpc) is 3.18. The van der Waals surface area contributed by atoms with Crippen LogP contribution in [0.3, 0.4) is 0 Å². The minimum atomic E-state index is -0.778. The summed E-state index contributed by atoms with van der Waals surface area (Å²) in [6.45, 7) is 5.66. The molecule has 2 unspecified atom stereocenters. The van der Waals surface area contributed by atoms with Crippen molar-refractivity contribution in [1.29, 1.82) is 0 Å². The Labute approximate surface area is 228 Å². The zero-order valence-electron chi connectivity index (χ0n) is 23.4. The maximum atomic E-state index is 13.1. The lowest BCUT2D eigenvalue weighted by Crippen LogP contribution is -2.31. The summed E-state index contributed by atoms with van der Waals surface area (Å²) in [5.74, 6) is -0.786. The van der Waals surface area contributed by atoms with Crippen LogP contribution in [0, 0.1) is 11.8 Å². The molecule has 3 aliphatic rings. The minimum Gasteiger partial charge on any atom is -0.481 e. The van der Waals surface area contributed by atoms with Crippen molar-refractivity contribution in [2.24, 2.45) is 11.8 Å². The molecule has 7 nitrogen and oxygen atoms in total. The normalized spacial score (nSPS) is 29.2. The van der Waals surface area contributed by atoms with Crippen molar-refractivity contribution in [2.75, 3.05) is 13.2 Å². The second-order valence-corrected chi connectivity index (χ2v) is 11.0. The fraction of sp³-hybridized carbons (Fsp3) is 0.742. The third kappa shape index (κ3) is 11.1. The Morgan fingerprint density at radius 1 is 1.05 bits per heavy atom. The highest BCUT2D eigenvalue weighted by molar-refractivity contribution is 5.85. The smallest absolute Gasteiger partial charge is 0.303 e. The zero-order valence-corrected chi connectivity index (χ0v) is 23.4. The summed E-state index contributed by atoms with van der Waals surface area (Å²) in [7, 11) is 0. The van der Waals surface area contributed by atoms with Gasteiger partial charge in [0, 0.05) is 37.9 Å². The van der Waals surface area contributed by atoms with Gasteiger partial charge < -0.3 is 24.1 Å². The molecule has 2 saturated heterocycles. The van der Waals surface area contributed by atoms with E-state index in [1.54, 1.807) is 0 Å². The molecule has 7 heteroatoms. The average molecular weight is 533 g/mol. The van der Waals surface area contributed by atoms with Crippen LogP contribution in [0.2, 0.25) is 0 Å². The minimum absolute atomic E-state index is 0.0569. The number of carbonyl (C=O) groups is 2. The third-order valence-corrected chi connectivity index (χ3v) is 7.51. The van der Waals surface area contributed by atoms with Crippen molar-refractivity contribution in [3.05, 3.63) is 36.0 Å². The summed E-state index contributed by atoms with van der Waals surface area (Å²) in [5, 5.41) is 8.84. The van der Waals surface area contributed by atoms with Crippen LogP contribution in [0.1, 0.15) is 97.3 Å². The van der Waals surface area contributed by atoms with Crippen LogP contribution < -0.4 is 0 Å². The van der Waals surface area contributed by atoms with E-state index in [1.807, 2.05) is 12.2 Å². The van der Waals surface area contributed by atoms with Crippen LogP contribution in [-0.4, -0.2) is 54.9 Å². The van der Waals surface area contributed by atoms with Crippen LogP contribution in [0.15, 0.2) is 36.0 Å². The van der Waals surface area contributed by atoms with Crippen molar-refractivity contribution in [1.82, 2.24) is 0 Å². The lowest BCUT2D eigenvalue weighted by Gasteiger charge is -2.29. The zero-order chi connectivity index (χ0) is 27.2. The molecule has 0 aromatic carbocycles. The Balaban J connectivity index is 1.70. The van der Waals surface area contributed by atoms with Crippen molar-refractivity contribution in [2.45, 2.75) is 122 Å². The fourth-order valence-corrected chi connectivity index (χ4v) is 5.40. The van der Waals surface area contributed by atoms with Gasteiger partial charge in [-0.1, -0.05) is 36.0 Å². The van der Waals surface area contributed by atoms with Gasteiger partial charge in [0.25, 0.3) is 0 Å². The number of carbonyl (C=O) groups excluding carboxylic acids is 1. The van der Waals surface area contributed by atoms with E-state index in [-0.39, 0.29) is 48.8 Å². The number of Topliss-reactive ketones (excluding diaryl/α,β-unsaturated/α-hetero) is 1. The van der Waals surface area contributed by atoms with Crippen LogP contribution in [0.25, 0.3) is 0 Å². The largest absolute Gasteiger partial charge is 0.481 e. The molecule has 214 valence electrons. The maximum absolute atomic E-state index is 13.1. The van der Waals surface area contributed by atoms with Gasteiger partial charge in [-0.15, -0.1) is 0 Å². The van der Waals surface area contributed by atoms with Crippen molar-refractivity contribution in [3.63, 3.8) is 0 Å². The first-order valence-corrected chi connectivity index (χ1v) is 14.7. The van der Waals surface area contributed by atoms with Gasteiger partial charge in [-0.05, 0) is 84.5 Å². The molecule has 2 aliphatic heterocycles. The number of carboxylic acid groups (broad SMARTS) is 1. The predicted molar refractivity (Wildman–Crippen MR) is 147 cm³/mol. The number of ketones is 1. The molecule has 38 heavy (non-hydrogen) atoms. The standard InChI is InChI=1S/C31H48O7/c1-23(2)12-11-13-24(37-30-16-7-9-20-35-30)18-19-26-25(14-5-3-4-6-15-29(33)34)27(32)22-28(26)38-31-17-8-10-21-36-31/h3,5,12,18-19,24-26,28,30-31H,4,6-11,13-17,20-22H2,1-2H3,(H,33,34)/b5-3-,19-18+/t24-,25+,26+,28+,30?,31?/m0/s1. The second kappa shape index (κ2) is 17.0. The topological polar surface area (TPSA) is 91.3 Å². The van der Waals surface area contributed by atoms with E-state index >= 15 is 0 Å².